The minimum Gasteiger partial charge on any atom is -0.322 e. The molecule has 2 nitrogen and oxygen atoms in total. The van der Waals surface area contributed by atoms with Crippen LogP contribution in [-0.2, 0) is 0 Å². The van der Waals surface area contributed by atoms with E-state index in [2.05, 4.69) is 30.7 Å². The van der Waals surface area contributed by atoms with Crippen molar-refractivity contribution in [3.05, 3.63) is 41.1 Å². The van der Waals surface area contributed by atoms with Crippen LogP contribution in [-0.4, -0.2) is 14.0 Å². The second-order valence-electron chi connectivity index (χ2n) is 4.92. The zero-order chi connectivity index (χ0) is 11.1. The van der Waals surface area contributed by atoms with Gasteiger partial charge in [-0.05, 0) is 6.07 Å². The Labute approximate surface area is 91.0 Å². The minimum absolute atomic E-state index is 0.0232. The van der Waals surface area contributed by atoms with Crippen molar-refractivity contribution >= 4 is 19.7 Å². The average molecular weight is 217 g/mol. The maximum absolute atomic E-state index is 11.6. The van der Waals surface area contributed by atoms with E-state index in [9.17, 15) is 4.79 Å². The van der Waals surface area contributed by atoms with E-state index in [0.29, 0.717) is 0 Å². The van der Waals surface area contributed by atoms with Crippen molar-refractivity contribution in [2.24, 2.45) is 0 Å². The van der Waals surface area contributed by atoms with Crippen LogP contribution >= 0.6 is 0 Å². The highest BCUT2D eigenvalue weighted by atomic mass is 28.3. The van der Waals surface area contributed by atoms with Gasteiger partial charge in [-0.15, -0.1) is 0 Å². The first-order chi connectivity index (χ1) is 6.97. The van der Waals surface area contributed by atoms with Gasteiger partial charge in [-0.2, -0.15) is 0 Å². The Kier molecular flexibility index (Phi) is 2.27. The third-order valence-electron chi connectivity index (χ3n) is 2.29. The first-order valence-corrected chi connectivity index (χ1v) is 8.69. The molecule has 1 aromatic rings. The van der Waals surface area contributed by atoms with Crippen LogP contribution in [0.1, 0.15) is 15.9 Å². The van der Waals surface area contributed by atoms with Crippen LogP contribution in [0.5, 0.6) is 0 Å². The molecular weight excluding hydrogens is 202 g/mol. The second kappa shape index (κ2) is 3.34. The number of hydrogen-bond donors (Lipinski definition) is 1. The average Bonchev–Trinajstić information content (AvgIpc) is 2.42. The van der Waals surface area contributed by atoms with E-state index in [1.165, 1.54) is 0 Å². The zero-order valence-corrected chi connectivity index (χ0v) is 10.3. The van der Waals surface area contributed by atoms with Gasteiger partial charge in [-0.25, -0.2) is 0 Å². The summed E-state index contributed by atoms with van der Waals surface area (Å²) in [6, 6.07) is 7.74. The second-order valence-corrected chi connectivity index (χ2v) is 9.94. The summed E-state index contributed by atoms with van der Waals surface area (Å²) in [6.07, 6.45) is 0. The number of amides is 1. The maximum atomic E-state index is 11.6. The van der Waals surface area contributed by atoms with Crippen LogP contribution in [0, 0.1) is 0 Å². The third kappa shape index (κ3) is 2.02. The van der Waals surface area contributed by atoms with E-state index in [1.807, 2.05) is 24.3 Å². The molecule has 0 radical (unpaired) electrons. The van der Waals surface area contributed by atoms with Gasteiger partial charge in [0.1, 0.15) is 0 Å². The molecule has 1 aliphatic rings. The molecule has 78 valence electrons. The highest BCUT2D eigenvalue weighted by Gasteiger charge is 2.24. The van der Waals surface area contributed by atoms with Gasteiger partial charge in [0.2, 0.25) is 0 Å². The fourth-order valence-electron chi connectivity index (χ4n) is 1.72. The van der Waals surface area contributed by atoms with E-state index in [-0.39, 0.29) is 5.91 Å². The molecule has 0 saturated heterocycles. The van der Waals surface area contributed by atoms with Gasteiger partial charge in [0.05, 0.1) is 8.07 Å². The molecule has 1 heterocycles. The van der Waals surface area contributed by atoms with Crippen molar-refractivity contribution in [2.45, 2.75) is 19.6 Å². The van der Waals surface area contributed by atoms with Crippen molar-refractivity contribution in [2.75, 3.05) is 0 Å². The van der Waals surface area contributed by atoms with Crippen LogP contribution in [0.15, 0.2) is 30.0 Å². The summed E-state index contributed by atoms with van der Waals surface area (Å²) in [5.41, 5.74) is 5.07. The molecule has 1 aromatic carbocycles. The van der Waals surface area contributed by atoms with Crippen LogP contribution in [0.25, 0.3) is 5.70 Å². The number of carbonyl (C=O) groups excluding carboxylic acids is 1. The SMILES string of the molecule is C[Si](C)(C)/C=C1/NC(=O)c2ccccc21. The van der Waals surface area contributed by atoms with Crippen molar-refractivity contribution in [1.82, 2.24) is 5.32 Å². The third-order valence-corrected chi connectivity index (χ3v) is 3.44. The lowest BCUT2D eigenvalue weighted by atomic mass is 10.1. The summed E-state index contributed by atoms with van der Waals surface area (Å²) >= 11 is 0. The maximum Gasteiger partial charge on any atom is 0.256 e. The first-order valence-electron chi connectivity index (χ1n) is 5.11. The molecule has 0 saturated carbocycles. The van der Waals surface area contributed by atoms with Crippen molar-refractivity contribution in [1.29, 1.82) is 0 Å². The van der Waals surface area contributed by atoms with Crippen LogP contribution < -0.4 is 5.32 Å². The molecule has 0 spiro atoms. The number of benzene rings is 1. The Morgan fingerprint density at radius 3 is 2.33 bits per heavy atom. The molecule has 0 fully saturated rings. The van der Waals surface area contributed by atoms with Crippen LogP contribution in [0.2, 0.25) is 19.6 Å². The molecule has 1 amide bonds. The normalized spacial score (nSPS) is 17.8. The molecule has 1 N–H and O–H groups in total. The Morgan fingerprint density at radius 1 is 1.13 bits per heavy atom. The summed E-state index contributed by atoms with van der Waals surface area (Å²) in [5, 5.41) is 2.93. The van der Waals surface area contributed by atoms with Gasteiger partial charge in [0.15, 0.2) is 0 Å². The smallest absolute Gasteiger partial charge is 0.256 e. The summed E-state index contributed by atoms with van der Waals surface area (Å²) in [6.45, 7) is 6.77. The van der Waals surface area contributed by atoms with Gasteiger partial charge in [-0.1, -0.05) is 43.5 Å². The Bertz CT molecular complexity index is 443. The number of rotatable bonds is 1. The van der Waals surface area contributed by atoms with Gasteiger partial charge in [0.25, 0.3) is 5.91 Å². The minimum atomic E-state index is -1.30. The molecule has 3 heteroatoms. The van der Waals surface area contributed by atoms with E-state index in [0.717, 1.165) is 16.8 Å². The summed E-state index contributed by atoms with van der Waals surface area (Å²) < 4.78 is 0. The molecule has 15 heavy (non-hydrogen) atoms. The predicted molar refractivity (Wildman–Crippen MR) is 65.2 cm³/mol. The topological polar surface area (TPSA) is 29.1 Å². The molecule has 0 aromatic heterocycles. The number of fused-ring (bicyclic) bond motifs is 1. The summed E-state index contributed by atoms with van der Waals surface area (Å²) in [7, 11) is -1.30. The van der Waals surface area contributed by atoms with Crippen molar-refractivity contribution in [3.8, 4) is 0 Å². The largest absolute Gasteiger partial charge is 0.322 e. The highest BCUT2D eigenvalue weighted by Crippen LogP contribution is 2.25. The Morgan fingerprint density at radius 2 is 1.73 bits per heavy atom. The highest BCUT2D eigenvalue weighted by molar-refractivity contribution is 6.81. The zero-order valence-electron chi connectivity index (χ0n) is 9.29. The fraction of sp³-hybridized carbons (Fsp3) is 0.250. The molecule has 0 unspecified atom stereocenters. The van der Waals surface area contributed by atoms with Gasteiger partial charge in [-0.3, -0.25) is 4.79 Å². The molecule has 0 bridgehead atoms. The first kappa shape index (κ1) is 10.2. The number of nitrogens with one attached hydrogen (secondary N) is 1. The van der Waals surface area contributed by atoms with Crippen molar-refractivity contribution < 1.29 is 4.79 Å². The standard InChI is InChI=1S/C12H15NOSi/c1-15(2,3)8-11-9-6-4-5-7-10(9)12(14)13-11/h4-8H,1-3H3,(H,13,14)/b11-8+. The lowest BCUT2D eigenvalue weighted by Gasteiger charge is -2.11. The van der Waals surface area contributed by atoms with E-state index in [1.54, 1.807) is 0 Å². The van der Waals surface area contributed by atoms with Crippen LogP contribution in [0.4, 0.5) is 0 Å². The molecule has 1 aliphatic heterocycles. The molecule has 0 aliphatic carbocycles. The Hall–Kier alpha value is -1.35. The van der Waals surface area contributed by atoms with E-state index < -0.39 is 8.07 Å². The fourth-order valence-corrected chi connectivity index (χ4v) is 2.81. The van der Waals surface area contributed by atoms with Crippen molar-refractivity contribution in [3.63, 3.8) is 0 Å². The van der Waals surface area contributed by atoms with Gasteiger partial charge < -0.3 is 5.32 Å². The Balaban J connectivity index is 2.50. The number of hydrogen-bond acceptors (Lipinski definition) is 1. The van der Waals surface area contributed by atoms with E-state index in [4.69, 9.17) is 0 Å². The predicted octanol–water partition coefficient (Wildman–Crippen LogP) is 2.65. The molecule has 2 rings (SSSR count). The lowest BCUT2D eigenvalue weighted by molar-refractivity contribution is 0.0981. The summed E-state index contributed by atoms with van der Waals surface area (Å²) in [5.74, 6) is 0.0232. The molecular formula is C12H15NOSi. The lowest BCUT2D eigenvalue weighted by Crippen LogP contribution is -2.20. The molecule has 0 atom stereocenters. The van der Waals surface area contributed by atoms with Gasteiger partial charge in [0, 0.05) is 16.8 Å². The van der Waals surface area contributed by atoms with Gasteiger partial charge >= 0.3 is 0 Å². The van der Waals surface area contributed by atoms with E-state index >= 15 is 0 Å². The monoisotopic (exact) mass is 217 g/mol. The number of carbonyl (C=O) groups is 1. The quantitative estimate of drug-likeness (QED) is 0.720. The van der Waals surface area contributed by atoms with Crippen LogP contribution in [0.3, 0.4) is 0 Å². The summed E-state index contributed by atoms with van der Waals surface area (Å²) in [4.78, 5) is 11.6.